The van der Waals surface area contributed by atoms with Gasteiger partial charge < -0.3 is 9.47 Å². The molecule has 2 aromatic rings. The number of rotatable bonds is 5. The standard InChI is InChI=1S/C24H21ClN2O5/c1-31-23(29)19-18-13-12-17(14-8-10-16(25)11-9-14)26-27(18)21(20(19)24(30)32-2)22(28)15-6-4-3-5-7-15/h3-13,18-21H,1-2H3/t18?,19-,20+,21?/m0/s1. The highest BCUT2D eigenvalue weighted by Gasteiger charge is 2.59. The first kappa shape index (κ1) is 21.8. The molecule has 2 aliphatic rings. The second kappa shape index (κ2) is 8.96. The van der Waals surface area contributed by atoms with Crippen molar-refractivity contribution in [2.75, 3.05) is 14.2 Å². The number of halogens is 1. The SMILES string of the molecule is COC(=O)[C@H]1C2C=CC(c3ccc(Cl)cc3)=NN2C(C(=O)c2ccccc2)[C@@H]1C(=O)OC. The zero-order valence-electron chi connectivity index (χ0n) is 17.5. The van der Waals surface area contributed by atoms with Gasteiger partial charge in [-0.05, 0) is 18.2 Å². The Hall–Kier alpha value is -3.45. The smallest absolute Gasteiger partial charge is 0.312 e. The summed E-state index contributed by atoms with van der Waals surface area (Å²) in [6.45, 7) is 0. The van der Waals surface area contributed by atoms with E-state index in [9.17, 15) is 14.4 Å². The fourth-order valence-electron chi connectivity index (χ4n) is 4.27. The molecule has 2 heterocycles. The predicted molar refractivity (Wildman–Crippen MR) is 118 cm³/mol. The molecule has 0 amide bonds. The fraction of sp³-hybridized carbons (Fsp3) is 0.250. The molecule has 164 valence electrons. The highest BCUT2D eigenvalue weighted by atomic mass is 35.5. The number of methoxy groups -OCH3 is 2. The van der Waals surface area contributed by atoms with Gasteiger partial charge in [0.05, 0.1) is 31.9 Å². The van der Waals surface area contributed by atoms with Gasteiger partial charge in [0.1, 0.15) is 12.0 Å². The van der Waals surface area contributed by atoms with Gasteiger partial charge in [0, 0.05) is 16.1 Å². The molecule has 2 unspecified atom stereocenters. The molecule has 0 N–H and O–H groups in total. The quantitative estimate of drug-likeness (QED) is 0.512. The van der Waals surface area contributed by atoms with Crippen LogP contribution >= 0.6 is 11.6 Å². The number of carbonyl (C=O) groups excluding carboxylic acids is 3. The van der Waals surface area contributed by atoms with Gasteiger partial charge in [-0.3, -0.25) is 19.4 Å². The molecule has 4 atom stereocenters. The van der Waals surface area contributed by atoms with Gasteiger partial charge in [-0.1, -0.05) is 60.1 Å². The number of esters is 2. The summed E-state index contributed by atoms with van der Waals surface area (Å²) in [7, 11) is 2.48. The number of hydrogen-bond acceptors (Lipinski definition) is 7. The number of fused-ring (bicyclic) bond motifs is 1. The summed E-state index contributed by atoms with van der Waals surface area (Å²) in [5.41, 5.74) is 1.78. The van der Waals surface area contributed by atoms with Crippen LogP contribution in [0, 0.1) is 11.8 Å². The highest BCUT2D eigenvalue weighted by Crippen LogP contribution is 2.41. The molecular formula is C24H21ClN2O5. The number of benzene rings is 2. The number of nitrogens with zero attached hydrogens (tertiary/aromatic N) is 2. The molecule has 0 bridgehead atoms. The molecule has 0 spiro atoms. The van der Waals surface area contributed by atoms with Gasteiger partial charge in [0.15, 0.2) is 5.78 Å². The molecule has 2 aliphatic heterocycles. The summed E-state index contributed by atoms with van der Waals surface area (Å²) in [6, 6.07) is 14.0. The monoisotopic (exact) mass is 452 g/mol. The van der Waals surface area contributed by atoms with Gasteiger partial charge >= 0.3 is 11.9 Å². The van der Waals surface area contributed by atoms with Crippen LogP contribution in [0.3, 0.4) is 0 Å². The fourth-order valence-corrected chi connectivity index (χ4v) is 4.40. The third kappa shape index (κ3) is 3.80. The maximum atomic E-state index is 13.6. The van der Waals surface area contributed by atoms with Crippen molar-refractivity contribution in [2.45, 2.75) is 12.1 Å². The zero-order chi connectivity index (χ0) is 22.8. The van der Waals surface area contributed by atoms with Crippen LogP contribution in [0.2, 0.25) is 5.02 Å². The lowest BCUT2D eigenvalue weighted by Crippen LogP contribution is -2.43. The first-order valence-electron chi connectivity index (χ1n) is 10.0. The van der Waals surface area contributed by atoms with Crippen LogP contribution in [0.25, 0.3) is 0 Å². The van der Waals surface area contributed by atoms with Gasteiger partial charge in [0.25, 0.3) is 0 Å². The third-order valence-electron chi connectivity index (χ3n) is 5.77. The summed E-state index contributed by atoms with van der Waals surface area (Å²) < 4.78 is 9.98. The summed E-state index contributed by atoms with van der Waals surface area (Å²) in [6.07, 6.45) is 3.54. The first-order valence-corrected chi connectivity index (χ1v) is 10.4. The minimum absolute atomic E-state index is 0.327. The maximum absolute atomic E-state index is 13.6. The number of hydrogen-bond donors (Lipinski definition) is 0. The zero-order valence-corrected chi connectivity index (χ0v) is 18.2. The Bertz CT molecular complexity index is 1100. The minimum Gasteiger partial charge on any atom is -0.469 e. The van der Waals surface area contributed by atoms with Crippen molar-refractivity contribution in [1.82, 2.24) is 5.01 Å². The number of hydrazone groups is 1. The van der Waals surface area contributed by atoms with Crippen molar-refractivity contribution in [3.05, 3.63) is 82.9 Å². The van der Waals surface area contributed by atoms with E-state index in [0.717, 1.165) is 5.56 Å². The molecule has 1 saturated heterocycles. The Kier molecular flexibility index (Phi) is 6.10. The second-order valence-electron chi connectivity index (χ2n) is 7.49. The topological polar surface area (TPSA) is 85.3 Å². The van der Waals surface area contributed by atoms with E-state index in [2.05, 4.69) is 5.10 Å². The Morgan fingerprint density at radius 2 is 1.53 bits per heavy atom. The maximum Gasteiger partial charge on any atom is 0.312 e. The molecule has 0 radical (unpaired) electrons. The number of allylic oxidation sites excluding steroid dienone is 1. The van der Waals surface area contributed by atoms with Gasteiger partial charge in [-0.15, -0.1) is 0 Å². The van der Waals surface area contributed by atoms with Gasteiger partial charge in [0.2, 0.25) is 0 Å². The van der Waals surface area contributed by atoms with Crippen molar-refractivity contribution >= 4 is 35.0 Å². The van der Waals surface area contributed by atoms with Gasteiger partial charge in [-0.25, -0.2) is 0 Å². The number of carbonyl (C=O) groups is 3. The van der Waals surface area contributed by atoms with E-state index in [1.807, 2.05) is 12.1 Å². The van der Waals surface area contributed by atoms with Crippen molar-refractivity contribution in [3.8, 4) is 0 Å². The Labute approximate surface area is 190 Å². The van der Waals surface area contributed by atoms with Crippen molar-refractivity contribution in [3.63, 3.8) is 0 Å². The Balaban J connectivity index is 1.83. The van der Waals surface area contributed by atoms with Crippen molar-refractivity contribution in [2.24, 2.45) is 16.9 Å². The molecule has 0 aliphatic carbocycles. The van der Waals surface area contributed by atoms with Crippen LogP contribution in [0.4, 0.5) is 0 Å². The summed E-state index contributed by atoms with van der Waals surface area (Å²) in [5, 5.41) is 6.80. The largest absolute Gasteiger partial charge is 0.469 e. The van der Waals surface area contributed by atoms with Crippen LogP contribution in [0.15, 0.2) is 71.9 Å². The lowest BCUT2D eigenvalue weighted by Gasteiger charge is -2.29. The summed E-state index contributed by atoms with van der Waals surface area (Å²) >= 11 is 6.00. The van der Waals surface area contributed by atoms with E-state index >= 15 is 0 Å². The molecule has 0 aromatic heterocycles. The second-order valence-corrected chi connectivity index (χ2v) is 7.93. The summed E-state index contributed by atoms with van der Waals surface area (Å²) in [4.78, 5) is 39.1. The molecule has 0 saturated carbocycles. The Morgan fingerprint density at radius 3 is 2.16 bits per heavy atom. The van der Waals surface area contributed by atoms with E-state index in [1.165, 1.54) is 19.2 Å². The molecule has 7 nitrogen and oxygen atoms in total. The summed E-state index contributed by atoms with van der Waals surface area (Å²) in [5.74, 6) is -3.62. The molecular weight excluding hydrogens is 432 g/mol. The van der Waals surface area contributed by atoms with Crippen LogP contribution in [0.5, 0.6) is 0 Å². The van der Waals surface area contributed by atoms with Crippen molar-refractivity contribution < 1.29 is 23.9 Å². The predicted octanol–water partition coefficient (Wildman–Crippen LogP) is 3.13. The van der Waals surface area contributed by atoms with E-state index in [1.54, 1.807) is 54.6 Å². The Morgan fingerprint density at radius 1 is 0.906 bits per heavy atom. The molecule has 8 heteroatoms. The lowest BCUT2D eigenvalue weighted by molar-refractivity contribution is -0.156. The number of Topliss-reactive ketones (excluding diaryl/α,β-unsaturated/α-hetero) is 1. The molecule has 1 fully saturated rings. The van der Waals surface area contributed by atoms with Crippen molar-refractivity contribution in [1.29, 1.82) is 0 Å². The van der Waals surface area contributed by atoms with E-state index in [-0.39, 0.29) is 5.78 Å². The average Bonchev–Trinajstić information content (AvgIpc) is 3.18. The van der Waals surface area contributed by atoms with Gasteiger partial charge in [-0.2, -0.15) is 5.10 Å². The number of ketones is 1. The highest BCUT2D eigenvalue weighted by molar-refractivity contribution is 6.30. The first-order chi connectivity index (χ1) is 15.5. The van der Waals surface area contributed by atoms with Crippen LogP contribution < -0.4 is 0 Å². The molecule has 4 rings (SSSR count). The van der Waals surface area contributed by atoms with Crippen LogP contribution in [-0.4, -0.2) is 54.7 Å². The normalized spacial score (nSPS) is 23.8. The van der Waals surface area contributed by atoms with E-state index in [4.69, 9.17) is 21.1 Å². The van der Waals surface area contributed by atoms with Crippen LogP contribution in [-0.2, 0) is 19.1 Å². The number of ether oxygens (including phenoxy) is 2. The average molecular weight is 453 g/mol. The van der Waals surface area contributed by atoms with Crippen LogP contribution in [0.1, 0.15) is 15.9 Å². The van der Waals surface area contributed by atoms with E-state index in [0.29, 0.717) is 16.3 Å². The molecule has 2 aromatic carbocycles. The minimum atomic E-state index is -1.08. The van der Waals surface area contributed by atoms with E-state index < -0.39 is 35.9 Å². The lowest BCUT2D eigenvalue weighted by atomic mass is 9.84. The molecule has 32 heavy (non-hydrogen) atoms. The third-order valence-corrected chi connectivity index (χ3v) is 6.03.